The van der Waals surface area contributed by atoms with E-state index in [1.165, 1.54) is 0 Å². The van der Waals surface area contributed by atoms with E-state index < -0.39 is 66.4 Å². The van der Waals surface area contributed by atoms with Crippen molar-refractivity contribution in [2.75, 3.05) is 26.2 Å². The second kappa shape index (κ2) is 22.2. The quantitative estimate of drug-likeness (QED) is 0.0312. The maximum absolute atomic E-state index is 13.6. The molecule has 0 aliphatic rings. The normalized spacial score (nSPS) is 14.1. The molecule has 17 nitrogen and oxygen atoms in total. The molecule has 4 amide bonds. The Morgan fingerprint density at radius 3 is 1.83 bits per heavy atom. The standard InChI is InChI=1S/C29H50N10O7/c30-13-5-4-11-20(36-27(44)23(17-40)39-24(41)19(32)10-6-14-31)25(42)38-22(16-18-8-2-1-3-9-18)26(43)37-21(28(45)46)12-7-15-35-29(33)34/h1-3,8-9,19-23,40H,4-7,10-17,30-32H2,(H,36,44)(H,37,43)(H,38,42)(H,39,41)(H,45,46)(H4,33,34,35)/t19-,20-,21-,22-,23-/m0/s1. The van der Waals surface area contributed by atoms with Crippen LogP contribution in [0.1, 0.15) is 50.5 Å². The van der Waals surface area contributed by atoms with Gasteiger partial charge in [0.15, 0.2) is 5.96 Å². The van der Waals surface area contributed by atoms with Crippen LogP contribution >= 0.6 is 0 Å². The summed E-state index contributed by atoms with van der Waals surface area (Å²) in [6.07, 6.45) is 2.14. The van der Waals surface area contributed by atoms with E-state index in [9.17, 15) is 34.2 Å². The average molecular weight is 651 g/mol. The zero-order chi connectivity index (χ0) is 34.5. The first-order valence-corrected chi connectivity index (χ1v) is 15.2. The second-order valence-electron chi connectivity index (χ2n) is 10.7. The highest BCUT2D eigenvalue weighted by atomic mass is 16.4. The summed E-state index contributed by atoms with van der Waals surface area (Å²) >= 11 is 0. The van der Waals surface area contributed by atoms with E-state index in [2.05, 4.69) is 26.3 Å². The van der Waals surface area contributed by atoms with Crippen molar-refractivity contribution in [2.45, 2.75) is 81.6 Å². The van der Waals surface area contributed by atoms with Crippen molar-refractivity contribution in [3.8, 4) is 0 Å². The molecule has 5 atom stereocenters. The summed E-state index contributed by atoms with van der Waals surface area (Å²) in [4.78, 5) is 68.2. The molecule has 0 aromatic heterocycles. The van der Waals surface area contributed by atoms with Crippen molar-refractivity contribution in [3.63, 3.8) is 0 Å². The van der Waals surface area contributed by atoms with E-state index >= 15 is 0 Å². The number of aliphatic imine (C=N–C) groups is 1. The molecule has 0 radical (unpaired) electrons. The van der Waals surface area contributed by atoms with E-state index in [4.69, 9.17) is 28.7 Å². The number of hydrogen-bond acceptors (Lipinski definition) is 10. The Morgan fingerprint density at radius 1 is 0.696 bits per heavy atom. The molecule has 0 saturated heterocycles. The fraction of sp³-hybridized carbons (Fsp3) is 0.586. The molecular formula is C29H50N10O7. The summed E-state index contributed by atoms with van der Waals surface area (Å²) in [5.74, 6) is -4.43. The number of hydrogen-bond donors (Lipinski definition) is 11. The van der Waals surface area contributed by atoms with Crippen molar-refractivity contribution in [1.29, 1.82) is 0 Å². The van der Waals surface area contributed by atoms with Gasteiger partial charge in [-0.05, 0) is 63.6 Å². The number of carboxylic acid groups (broad SMARTS) is 1. The molecule has 1 aromatic rings. The van der Waals surface area contributed by atoms with Crippen LogP contribution in [0.5, 0.6) is 0 Å². The lowest BCUT2D eigenvalue weighted by atomic mass is 10.0. The molecular weight excluding hydrogens is 600 g/mol. The van der Waals surface area contributed by atoms with Gasteiger partial charge in [-0.25, -0.2) is 4.79 Å². The van der Waals surface area contributed by atoms with Crippen molar-refractivity contribution < 1.29 is 34.2 Å². The first kappa shape index (κ1) is 39.7. The van der Waals surface area contributed by atoms with Crippen LogP contribution < -0.4 is 49.9 Å². The van der Waals surface area contributed by atoms with Crippen LogP contribution in [-0.4, -0.2) is 102 Å². The summed E-state index contributed by atoms with van der Waals surface area (Å²) < 4.78 is 0. The molecule has 17 heteroatoms. The predicted octanol–water partition coefficient (Wildman–Crippen LogP) is -3.51. The Balaban J connectivity index is 3.14. The van der Waals surface area contributed by atoms with Gasteiger partial charge in [-0.1, -0.05) is 30.3 Å². The lowest BCUT2D eigenvalue weighted by Gasteiger charge is -2.26. The molecule has 0 heterocycles. The third kappa shape index (κ3) is 15.6. The number of carboxylic acids is 1. The number of carbonyl (C=O) groups excluding carboxylic acids is 4. The Morgan fingerprint density at radius 2 is 1.24 bits per heavy atom. The number of aliphatic hydroxyl groups excluding tert-OH is 1. The highest BCUT2D eigenvalue weighted by molar-refractivity contribution is 5.95. The van der Waals surface area contributed by atoms with Crippen LogP contribution in [0.4, 0.5) is 0 Å². The number of aliphatic carboxylic acids is 1. The van der Waals surface area contributed by atoms with E-state index in [0.29, 0.717) is 37.9 Å². The van der Waals surface area contributed by atoms with Gasteiger partial charge in [-0.2, -0.15) is 0 Å². The number of nitrogens with one attached hydrogen (secondary N) is 4. The van der Waals surface area contributed by atoms with Gasteiger partial charge in [0.25, 0.3) is 0 Å². The summed E-state index contributed by atoms with van der Waals surface area (Å²) in [7, 11) is 0. The molecule has 0 bridgehead atoms. The van der Waals surface area contributed by atoms with Crippen molar-refractivity contribution in [1.82, 2.24) is 21.3 Å². The molecule has 258 valence electrons. The monoisotopic (exact) mass is 650 g/mol. The number of guanidine groups is 1. The highest BCUT2D eigenvalue weighted by Crippen LogP contribution is 2.08. The van der Waals surface area contributed by atoms with E-state index in [-0.39, 0.29) is 44.6 Å². The zero-order valence-electron chi connectivity index (χ0n) is 26.0. The average Bonchev–Trinajstić information content (AvgIpc) is 3.02. The van der Waals surface area contributed by atoms with Crippen molar-refractivity contribution in [2.24, 2.45) is 33.7 Å². The molecule has 1 rings (SSSR count). The molecule has 0 fully saturated rings. The topological polar surface area (TPSA) is 316 Å². The summed E-state index contributed by atoms with van der Waals surface area (Å²) in [6.45, 7) is 0.0453. The van der Waals surface area contributed by atoms with Crippen molar-refractivity contribution >= 4 is 35.6 Å². The SMILES string of the molecule is NCCCC[C@H](NC(=O)[C@H](CO)NC(=O)[C@@H](N)CCCN)C(=O)N[C@@H](Cc1ccccc1)C(=O)N[C@@H](CCCN=C(N)N)C(=O)O. The summed E-state index contributed by atoms with van der Waals surface area (Å²) in [5, 5.41) is 29.5. The van der Waals surface area contributed by atoms with Gasteiger partial charge in [0.1, 0.15) is 24.2 Å². The Bertz CT molecular complexity index is 1130. The lowest BCUT2D eigenvalue weighted by molar-refractivity contribution is -0.142. The minimum atomic E-state index is -1.40. The van der Waals surface area contributed by atoms with Crippen LogP contribution in [0.3, 0.4) is 0 Å². The van der Waals surface area contributed by atoms with Gasteiger partial charge in [-0.3, -0.25) is 24.2 Å². The number of carbonyl (C=O) groups is 5. The highest BCUT2D eigenvalue weighted by Gasteiger charge is 2.31. The molecule has 46 heavy (non-hydrogen) atoms. The Hall–Kier alpha value is -4.32. The largest absolute Gasteiger partial charge is 0.480 e. The fourth-order valence-corrected chi connectivity index (χ4v) is 4.34. The van der Waals surface area contributed by atoms with Crippen LogP contribution in [0.15, 0.2) is 35.3 Å². The number of aliphatic hydroxyl groups is 1. The second-order valence-corrected chi connectivity index (χ2v) is 10.7. The number of rotatable bonds is 23. The minimum absolute atomic E-state index is 0.0121. The maximum Gasteiger partial charge on any atom is 0.326 e. The molecule has 0 unspecified atom stereocenters. The summed E-state index contributed by atoms with van der Waals surface area (Å²) in [5.41, 5.74) is 28.2. The van der Waals surface area contributed by atoms with E-state index in [0.717, 1.165) is 0 Å². The van der Waals surface area contributed by atoms with E-state index in [1.807, 2.05) is 0 Å². The number of unbranched alkanes of at least 4 members (excludes halogenated alkanes) is 1. The predicted molar refractivity (Wildman–Crippen MR) is 172 cm³/mol. The van der Waals surface area contributed by atoms with Crippen molar-refractivity contribution in [3.05, 3.63) is 35.9 Å². The molecule has 0 aliphatic heterocycles. The fourth-order valence-electron chi connectivity index (χ4n) is 4.34. The first-order chi connectivity index (χ1) is 21.9. The molecule has 0 aliphatic carbocycles. The van der Waals surface area contributed by atoms with Gasteiger partial charge in [0.2, 0.25) is 23.6 Å². The minimum Gasteiger partial charge on any atom is -0.480 e. The smallest absolute Gasteiger partial charge is 0.326 e. The molecule has 16 N–H and O–H groups in total. The van der Waals surface area contributed by atoms with Gasteiger partial charge >= 0.3 is 5.97 Å². The number of nitrogens with two attached hydrogens (primary N) is 5. The first-order valence-electron chi connectivity index (χ1n) is 15.2. The number of benzene rings is 1. The summed E-state index contributed by atoms with van der Waals surface area (Å²) in [6, 6.07) is 2.70. The van der Waals surface area contributed by atoms with E-state index in [1.54, 1.807) is 30.3 Å². The van der Waals surface area contributed by atoms with Crippen LogP contribution in [0.2, 0.25) is 0 Å². The Kier molecular flexibility index (Phi) is 19.2. The third-order valence-electron chi connectivity index (χ3n) is 6.93. The molecule has 0 saturated carbocycles. The third-order valence-corrected chi connectivity index (χ3v) is 6.93. The molecule has 1 aromatic carbocycles. The number of amides is 4. The van der Waals surface area contributed by atoms with Gasteiger partial charge in [0.05, 0.1) is 12.6 Å². The number of nitrogens with zero attached hydrogens (tertiary/aromatic N) is 1. The molecule has 0 spiro atoms. The lowest BCUT2D eigenvalue weighted by Crippen LogP contribution is -2.59. The van der Waals surface area contributed by atoms with Gasteiger partial charge in [0, 0.05) is 13.0 Å². The van der Waals surface area contributed by atoms with Crippen LogP contribution in [0, 0.1) is 0 Å². The Labute approximate surface area is 268 Å². The van der Waals surface area contributed by atoms with Crippen LogP contribution in [0.25, 0.3) is 0 Å². The zero-order valence-corrected chi connectivity index (χ0v) is 26.0. The van der Waals surface area contributed by atoms with Gasteiger partial charge < -0.3 is 60.1 Å². The maximum atomic E-state index is 13.6. The van der Waals surface area contributed by atoms with Gasteiger partial charge in [-0.15, -0.1) is 0 Å². The van der Waals surface area contributed by atoms with Crippen LogP contribution in [-0.2, 0) is 30.4 Å².